The van der Waals surface area contributed by atoms with Crippen LogP contribution in [-0.2, 0) is 19.1 Å². The molecule has 0 aromatic heterocycles. The number of hydrogen-bond donors (Lipinski definition) is 0. The molecule has 3 saturated heterocycles. The number of likely N-dealkylation sites (tertiary alicyclic amines) is 3. The summed E-state index contributed by atoms with van der Waals surface area (Å²) in [5, 5.41) is 0. The van der Waals surface area contributed by atoms with Gasteiger partial charge in [0.2, 0.25) is 17.7 Å². The average Bonchev–Trinajstić information content (AvgIpc) is 3.13. The highest BCUT2D eigenvalue weighted by Crippen LogP contribution is 2.56. The molecule has 4 amide bonds. The van der Waals surface area contributed by atoms with Crippen molar-refractivity contribution in [1.82, 2.24) is 14.7 Å². The zero-order valence-corrected chi connectivity index (χ0v) is 18.8. The molecular formula is C23H33N3O5. The minimum absolute atomic E-state index is 0.0120. The largest absolute Gasteiger partial charge is 0.444 e. The molecular weight excluding hydrogens is 398 g/mol. The van der Waals surface area contributed by atoms with Gasteiger partial charge in [0.05, 0.1) is 17.5 Å². The first-order chi connectivity index (χ1) is 14.6. The average molecular weight is 432 g/mol. The monoisotopic (exact) mass is 431 g/mol. The summed E-state index contributed by atoms with van der Waals surface area (Å²) in [6.45, 7) is 6.50. The van der Waals surface area contributed by atoms with Crippen LogP contribution in [-0.4, -0.2) is 75.3 Å². The van der Waals surface area contributed by atoms with E-state index in [2.05, 4.69) is 0 Å². The molecule has 31 heavy (non-hydrogen) atoms. The summed E-state index contributed by atoms with van der Waals surface area (Å²) >= 11 is 0. The minimum atomic E-state index is -0.621. The van der Waals surface area contributed by atoms with Crippen molar-refractivity contribution in [2.24, 2.45) is 11.3 Å². The van der Waals surface area contributed by atoms with E-state index in [9.17, 15) is 19.2 Å². The van der Waals surface area contributed by atoms with Crippen molar-refractivity contribution in [3.63, 3.8) is 0 Å². The van der Waals surface area contributed by atoms with Crippen LogP contribution in [0.3, 0.4) is 0 Å². The molecule has 0 bridgehead atoms. The molecule has 0 N–H and O–H groups in total. The van der Waals surface area contributed by atoms with Gasteiger partial charge < -0.3 is 9.64 Å². The van der Waals surface area contributed by atoms with Crippen molar-refractivity contribution in [2.45, 2.75) is 95.9 Å². The van der Waals surface area contributed by atoms with E-state index in [0.29, 0.717) is 25.9 Å². The molecule has 3 atom stereocenters. The second-order valence-electron chi connectivity index (χ2n) is 11.0. The molecule has 0 aromatic carbocycles. The molecule has 8 heteroatoms. The lowest BCUT2D eigenvalue weighted by atomic mass is 9.64. The third-order valence-electron chi connectivity index (χ3n) is 7.77. The molecule has 5 fully saturated rings. The van der Waals surface area contributed by atoms with Gasteiger partial charge >= 0.3 is 6.09 Å². The Balaban J connectivity index is 1.38. The molecule has 5 rings (SSSR count). The molecule has 1 spiro atoms. The van der Waals surface area contributed by atoms with E-state index in [1.165, 1.54) is 4.90 Å². The lowest BCUT2D eigenvalue weighted by Crippen LogP contribution is -2.57. The smallest absolute Gasteiger partial charge is 0.410 e. The van der Waals surface area contributed by atoms with Crippen LogP contribution in [0.4, 0.5) is 4.79 Å². The van der Waals surface area contributed by atoms with Gasteiger partial charge in [-0.15, -0.1) is 0 Å². The third-order valence-corrected chi connectivity index (χ3v) is 7.77. The van der Waals surface area contributed by atoms with E-state index in [-0.39, 0.29) is 35.7 Å². The number of rotatable bonds is 2. The zero-order valence-electron chi connectivity index (χ0n) is 18.8. The second kappa shape index (κ2) is 6.94. The Bertz CT molecular complexity index is 826. The predicted molar refractivity (Wildman–Crippen MR) is 111 cm³/mol. The van der Waals surface area contributed by atoms with Gasteiger partial charge in [-0.25, -0.2) is 4.79 Å². The number of carbonyl (C=O) groups is 4. The molecule has 3 aliphatic heterocycles. The number of carbonyl (C=O) groups excluding carboxylic acids is 4. The molecule has 5 aliphatic rings. The van der Waals surface area contributed by atoms with Crippen LogP contribution in [0.5, 0.6) is 0 Å². The number of amides is 4. The van der Waals surface area contributed by atoms with Gasteiger partial charge in [0.15, 0.2) is 0 Å². The lowest BCUT2D eigenvalue weighted by Gasteiger charge is -2.44. The number of nitrogens with zero attached hydrogens (tertiary/aromatic N) is 3. The Kier molecular flexibility index (Phi) is 4.65. The van der Waals surface area contributed by atoms with E-state index in [4.69, 9.17) is 4.74 Å². The number of ether oxygens (including phenoxy) is 1. The van der Waals surface area contributed by atoms with E-state index in [0.717, 1.165) is 38.5 Å². The fourth-order valence-electron chi connectivity index (χ4n) is 6.09. The SMILES string of the molecule is CC(C)(C)OC(=O)N1CCC[C@H]1C(=O)N1CC[C@H]2[C@H]1C1(CCC1)C(=O)N2C(=O)C1CC1. The molecule has 0 unspecified atom stereocenters. The summed E-state index contributed by atoms with van der Waals surface area (Å²) in [5.41, 5.74) is -1.22. The van der Waals surface area contributed by atoms with Crippen LogP contribution in [0.15, 0.2) is 0 Å². The maximum absolute atomic E-state index is 13.7. The van der Waals surface area contributed by atoms with Crippen LogP contribution in [0.1, 0.15) is 72.1 Å². The molecule has 3 heterocycles. The maximum Gasteiger partial charge on any atom is 0.410 e. The topological polar surface area (TPSA) is 87.2 Å². The van der Waals surface area contributed by atoms with Crippen LogP contribution in [0, 0.1) is 11.3 Å². The Morgan fingerprint density at radius 3 is 2.23 bits per heavy atom. The molecule has 8 nitrogen and oxygen atoms in total. The first-order valence-electron chi connectivity index (χ1n) is 11.8. The summed E-state index contributed by atoms with van der Waals surface area (Å²) in [6.07, 6.45) is 5.72. The van der Waals surface area contributed by atoms with E-state index >= 15 is 0 Å². The summed E-state index contributed by atoms with van der Waals surface area (Å²) in [4.78, 5) is 57.7. The zero-order chi connectivity index (χ0) is 22.1. The summed E-state index contributed by atoms with van der Waals surface area (Å²) in [7, 11) is 0. The van der Waals surface area contributed by atoms with Gasteiger partial charge in [-0.2, -0.15) is 0 Å². The Morgan fingerprint density at radius 1 is 0.935 bits per heavy atom. The number of imide groups is 1. The van der Waals surface area contributed by atoms with Crippen molar-refractivity contribution < 1.29 is 23.9 Å². The summed E-state index contributed by atoms with van der Waals surface area (Å²) < 4.78 is 5.53. The van der Waals surface area contributed by atoms with Gasteiger partial charge in [0, 0.05) is 19.0 Å². The summed E-state index contributed by atoms with van der Waals surface area (Å²) in [5.74, 6) is -0.189. The van der Waals surface area contributed by atoms with Gasteiger partial charge in [-0.05, 0) is 65.7 Å². The van der Waals surface area contributed by atoms with Gasteiger partial charge in [-0.3, -0.25) is 24.2 Å². The van der Waals surface area contributed by atoms with Crippen molar-refractivity contribution in [1.29, 1.82) is 0 Å². The van der Waals surface area contributed by atoms with E-state index in [1.54, 1.807) is 4.90 Å². The fraction of sp³-hybridized carbons (Fsp3) is 0.826. The molecule has 0 aromatic rings. The minimum Gasteiger partial charge on any atom is -0.444 e. The highest BCUT2D eigenvalue weighted by atomic mass is 16.6. The van der Waals surface area contributed by atoms with Crippen LogP contribution in [0.2, 0.25) is 0 Å². The van der Waals surface area contributed by atoms with Crippen LogP contribution < -0.4 is 0 Å². The van der Waals surface area contributed by atoms with E-state index < -0.39 is 23.2 Å². The number of hydrogen-bond acceptors (Lipinski definition) is 5. The third kappa shape index (κ3) is 3.16. The van der Waals surface area contributed by atoms with Crippen molar-refractivity contribution >= 4 is 23.8 Å². The summed E-state index contributed by atoms with van der Waals surface area (Å²) in [6, 6.07) is -1.000. The number of fused-ring (bicyclic) bond motifs is 2. The van der Waals surface area contributed by atoms with Crippen LogP contribution >= 0.6 is 0 Å². The molecule has 170 valence electrons. The first kappa shape index (κ1) is 20.8. The van der Waals surface area contributed by atoms with E-state index in [1.807, 2.05) is 25.7 Å². The highest BCUT2D eigenvalue weighted by Gasteiger charge is 2.68. The maximum atomic E-state index is 13.7. The quantitative estimate of drug-likeness (QED) is 0.626. The lowest BCUT2D eigenvalue weighted by molar-refractivity contribution is -0.152. The van der Waals surface area contributed by atoms with Gasteiger partial charge in [0.1, 0.15) is 11.6 Å². The molecule has 2 saturated carbocycles. The molecule has 0 radical (unpaired) electrons. The Morgan fingerprint density at radius 2 is 1.65 bits per heavy atom. The predicted octanol–water partition coefficient (Wildman–Crippen LogP) is 2.30. The van der Waals surface area contributed by atoms with Crippen molar-refractivity contribution in [2.75, 3.05) is 13.1 Å². The van der Waals surface area contributed by atoms with Gasteiger partial charge in [-0.1, -0.05) is 6.42 Å². The normalized spacial score (nSPS) is 31.8. The van der Waals surface area contributed by atoms with Crippen LogP contribution in [0.25, 0.3) is 0 Å². The van der Waals surface area contributed by atoms with Crippen molar-refractivity contribution in [3.8, 4) is 0 Å². The first-order valence-corrected chi connectivity index (χ1v) is 11.8. The fourth-order valence-corrected chi connectivity index (χ4v) is 6.09. The molecule has 2 aliphatic carbocycles. The highest BCUT2D eigenvalue weighted by molar-refractivity contribution is 6.04. The second-order valence-corrected chi connectivity index (χ2v) is 11.0. The Labute approximate surface area is 183 Å². The standard InChI is InChI=1S/C23H33N3O5/c1-22(2,3)31-21(30)24-12-4-6-16(24)19(28)25-13-9-15-17(25)23(10-5-11-23)20(29)26(15)18(27)14-7-8-14/h14-17H,4-13H2,1-3H3/t15-,16-,17-/m0/s1. The Hall–Kier alpha value is -2.12. The van der Waals surface area contributed by atoms with Crippen molar-refractivity contribution in [3.05, 3.63) is 0 Å². The van der Waals surface area contributed by atoms with Gasteiger partial charge in [0.25, 0.3) is 0 Å².